The number of hydrogen-bond acceptors (Lipinski definition) is 5. The molecule has 0 saturated heterocycles. The average molecular weight is 452 g/mol. The van der Waals surface area contributed by atoms with Crippen LogP contribution in [-0.4, -0.2) is 52.7 Å². The highest BCUT2D eigenvalue weighted by Gasteiger charge is 2.26. The molecule has 4 rings (SSSR count). The van der Waals surface area contributed by atoms with Crippen molar-refractivity contribution in [3.05, 3.63) is 53.9 Å². The lowest BCUT2D eigenvalue weighted by Gasteiger charge is -2.32. The number of pyridine rings is 1. The summed E-state index contributed by atoms with van der Waals surface area (Å²) in [7, 11) is 1.99. The Hall–Kier alpha value is -3.13. The molecule has 0 spiro atoms. The van der Waals surface area contributed by atoms with Gasteiger partial charge in [-0.3, -0.25) is 14.7 Å². The van der Waals surface area contributed by atoms with Gasteiger partial charge in [-0.1, -0.05) is 18.2 Å². The molecule has 2 aromatic rings. The van der Waals surface area contributed by atoms with E-state index < -0.39 is 6.09 Å². The van der Waals surface area contributed by atoms with Gasteiger partial charge in [-0.05, 0) is 75.8 Å². The van der Waals surface area contributed by atoms with Crippen LogP contribution in [0.15, 0.2) is 42.6 Å². The molecule has 1 fully saturated rings. The summed E-state index contributed by atoms with van der Waals surface area (Å²) in [6.45, 7) is 0.293. The second-order valence-corrected chi connectivity index (χ2v) is 9.11. The minimum atomic E-state index is -0.961. The molecule has 4 N–H and O–H groups in total. The minimum Gasteiger partial charge on any atom is -0.465 e. The number of anilines is 2. The van der Waals surface area contributed by atoms with E-state index in [1.54, 1.807) is 0 Å². The zero-order valence-electron chi connectivity index (χ0n) is 19.1. The fourth-order valence-electron chi connectivity index (χ4n) is 5.04. The van der Waals surface area contributed by atoms with Gasteiger partial charge in [0.25, 0.3) is 0 Å². The largest absolute Gasteiger partial charge is 0.465 e. The van der Waals surface area contributed by atoms with Crippen molar-refractivity contribution in [2.45, 2.75) is 63.1 Å². The van der Waals surface area contributed by atoms with Crippen LogP contribution in [0.1, 0.15) is 55.8 Å². The van der Waals surface area contributed by atoms with Crippen LogP contribution in [0.4, 0.5) is 16.2 Å². The van der Waals surface area contributed by atoms with E-state index in [4.69, 9.17) is 5.11 Å². The molecule has 176 valence electrons. The predicted octanol–water partition coefficient (Wildman–Crippen LogP) is 4.02. The van der Waals surface area contributed by atoms with E-state index in [1.807, 2.05) is 43.6 Å². The van der Waals surface area contributed by atoms with Crippen molar-refractivity contribution in [2.24, 2.45) is 0 Å². The predicted molar refractivity (Wildman–Crippen MR) is 128 cm³/mol. The summed E-state index contributed by atoms with van der Waals surface area (Å²) >= 11 is 0. The lowest BCUT2D eigenvalue weighted by atomic mass is 9.91. The number of hydrogen-bond donors (Lipinski definition) is 4. The van der Waals surface area contributed by atoms with Gasteiger partial charge in [-0.15, -0.1) is 0 Å². The summed E-state index contributed by atoms with van der Waals surface area (Å²) in [6, 6.07) is 12.3. The van der Waals surface area contributed by atoms with Crippen molar-refractivity contribution >= 4 is 23.4 Å². The number of carbonyl (C=O) groups excluding carboxylic acids is 1. The maximum Gasteiger partial charge on any atom is 0.404 e. The number of amides is 2. The number of nitrogens with one attached hydrogen (secondary N) is 3. The lowest BCUT2D eigenvalue weighted by molar-refractivity contribution is -0.117. The monoisotopic (exact) mass is 451 g/mol. The Bertz CT molecular complexity index is 974. The maximum absolute atomic E-state index is 12.9. The topological polar surface area (TPSA) is 107 Å². The number of aryl methyl sites for hydroxylation is 1. The van der Waals surface area contributed by atoms with Crippen LogP contribution in [0.25, 0.3) is 0 Å². The molecule has 1 atom stereocenters. The molecule has 8 heteroatoms. The number of nitrogens with zero attached hydrogens (tertiary/aromatic N) is 2. The number of rotatable bonds is 7. The number of benzene rings is 1. The van der Waals surface area contributed by atoms with Crippen molar-refractivity contribution in [1.29, 1.82) is 0 Å². The Morgan fingerprint density at radius 3 is 2.52 bits per heavy atom. The average Bonchev–Trinajstić information content (AvgIpc) is 2.81. The second kappa shape index (κ2) is 10.7. The Labute approximate surface area is 194 Å². The zero-order valence-corrected chi connectivity index (χ0v) is 19.1. The molecule has 2 aliphatic carbocycles. The van der Waals surface area contributed by atoms with Crippen molar-refractivity contribution < 1.29 is 14.7 Å². The van der Waals surface area contributed by atoms with Gasteiger partial charge in [0.05, 0.1) is 29.7 Å². The van der Waals surface area contributed by atoms with Crippen molar-refractivity contribution in [3.8, 4) is 0 Å². The second-order valence-electron chi connectivity index (χ2n) is 9.11. The molecule has 2 aliphatic rings. The van der Waals surface area contributed by atoms with Crippen LogP contribution in [0.3, 0.4) is 0 Å². The highest BCUT2D eigenvalue weighted by Crippen LogP contribution is 2.32. The third kappa shape index (κ3) is 6.01. The van der Waals surface area contributed by atoms with Gasteiger partial charge < -0.3 is 21.1 Å². The van der Waals surface area contributed by atoms with Crippen LogP contribution in [-0.2, 0) is 11.2 Å². The molecule has 1 aromatic heterocycles. The first-order valence-electron chi connectivity index (χ1n) is 11.8. The Balaban J connectivity index is 1.33. The van der Waals surface area contributed by atoms with E-state index in [2.05, 4.69) is 31.9 Å². The van der Waals surface area contributed by atoms with Gasteiger partial charge in [0, 0.05) is 18.3 Å². The molecule has 0 aliphatic heterocycles. The number of likely N-dealkylation sites (N-methyl/N-ethyl adjacent to an activating group) is 1. The minimum absolute atomic E-state index is 0.0189. The summed E-state index contributed by atoms with van der Waals surface area (Å²) in [4.78, 5) is 30.4. The smallest absolute Gasteiger partial charge is 0.404 e. The van der Waals surface area contributed by atoms with Gasteiger partial charge in [-0.2, -0.15) is 0 Å². The van der Waals surface area contributed by atoms with Gasteiger partial charge >= 0.3 is 6.09 Å². The van der Waals surface area contributed by atoms with Gasteiger partial charge in [0.1, 0.15) is 0 Å². The molecular formula is C25H33N5O3. The van der Waals surface area contributed by atoms with Gasteiger partial charge in [0.2, 0.25) is 5.91 Å². The Morgan fingerprint density at radius 2 is 1.76 bits per heavy atom. The normalized spacial score (nSPS) is 22.3. The first-order valence-corrected chi connectivity index (χ1v) is 11.8. The number of aromatic nitrogens is 1. The molecule has 8 nitrogen and oxygen atoms in total. The van der Waals surface area contributed by atoms with E-state index in [0.717, 1.165) is 62.0 Å². The fraction of sp³-hybridized carbons (Fsp3) is 0.480. The third-order valence-corrected chi connectivity index (χ3v) is 6.71. The van der Waals surface area contributed by atoms with Crippen molar-refractivity contribution in [1.82, 2.24) is 15.2 Å². The molecule has 2 amide bonds. The molecule has 1 heterocycles. The Morgan fingerprint density at radius 1 is 1.03 bits per heavy atom. The lowest BCUT2D eigenvalue weighted by Crippen LogP contribution is -2.39. The van der Waals surface area contributed by atoms with E-state index in [1.165, 1.54) is 5.56 Å². The highest BCUT2D eigenvalue weighted by molar-refractivity contribution is 5.95. The quantitative estimate of drug-likeness (QED) is 0.507. The first kappa shape index (κ1) is 23.0. The van der Waals surface area contributed by atoms with Crippen LogP contribution in [0, 0.1) is 0 Å². The number of carboxylic acid groups (broad SMARTS) is 1. The summed E-state index contributed by atoms with van der Waals surface area (Å²) in [6.07, 6.45) is 7.40. The number of para-hydroxylation sites is 2. The van der Waals surface area contributed by atoms with Crippen LogP contribution >= 0.6 is 0 Å². The summed E-state index contributed by atoms with van der Waals surface area (Å²) in [5, 5.41) is 18.1. The fourth-order valence-corrected chi connectivity index (χ4v) is 5.04. The standard InChI is InChI=1S/C25H33N5O3/c1-30(22-10-4-6-17-7-5-15-26-24(17)22)16-23(31)29-21-9-3-2-8-20(21)27-18-11-13-19(14-12-18)28-25(32)33/h2-3,5,7-9,15,18-19,22,27-28H,4,6,10-14,16H2,1H3,(H,29,31)(H,32,33)/t18-,19-,22?. The van der Waals surface area contributed by atoms with E-state index in [-0.39, 0.29) is 24.0 Å². The van der Waals surface area contributed by atoms with Crippen LogP contribution < -0.4 is 16.0 Å². The van der Waals surface area contributed by atoms with E-state index >= 15 is 0 Å². The molecule has 0 bridgehead atoms. The van der Waals surface area contributed by atoms with Crippen molar-refractivity contribution in [2.75, 3.05) is 24.2 Å². The Kier molecular flexibility index (Phi) is 7.44. The molecule has 1 unspecified atom stereocenters. The van der Waals surface area contributed by atoms with Crippen molar-refractivity contribution in [3.63, 3.8) is 0 Å². The van der Waals surface area contributed by atoms with E-state index in [9.17, 15) is 9.59 Å². The zero-order chi connectivity index (χ0) is 23.2. The summed E-state index contributed by atoms with van der Waals surface area (Å²) in [5.74, 6) is -0.0517. The number of carbonyl (C=O) groups is 2. The van der Waals surface area contributed by atoms with Crippen LogP contribution in [0.5, 0.6) is 0 Å². The molecule has 1 aromatic carbocycles. The molecule has 1 saturated carbocycles. The number of fused-ring (bicyclic) bond motifs is 1. The highest BCUT2D eigenvalue weighted by atomic mass is 16.4. The van der Waals surface area contributed by atoms with Crippen LogP contribution in [0.2, 0.25) is 0 Å². The summed E-state index contributed by atoms with van der Waals surface area (Å²) < 4.78 is 0. The summed E-state index contributed by atoms with van der Waals surface area (Å²) in [5.41, 5.74) is 4.04. The molecule has 33 heavy (non-hydrogen) atoms. The van der Waals surface area contributed by atoms with Gasteiger partial charge in [0.15, 0.2) is 0 Å². The maximum atomic E-state index is 12.9. The molecule has 0 radical (unpaired) electrons. The first-order chi connectivity index (χ1) is 16.0. The SMILES string of the molecule is CN(CC(=O)Nc1ccccc1N[C@H]1CC[C@H](NC(=O)O)CC1)C1CCCc2cccnc21. The van der Waals surface area contributed by atoms with Gasteiger partial charge in [-0.25, -0.2) is 4.79 Å². The van der Waals surface area contributed by atoms with E-state index in [0.29, 0.717) is 6.54 Å². The third-order valence-electron chi connectivity index (χ3n) is 6.71. The molecular weight excluding hydrogens is 418 g/mol.